The summed E-state index contributed by atoms with van der Waals surface area (Å²) < 4.78 is 10.6. The zero-order valence-corrected chi connectivity index (χ0v) is 16.7. The summed E-state index contributed by atoms with van der Waals surface area (Å²) >= 11 is 0. The highest BCUT2D eigenvalue weighted by molar-refractivity contribution is 5.97. The number of aryl methyl sites for hydroxylation is 1. The number of anilines is 1. The number of ether oxygens (including phenoxy) is 2. The molecule has 28 heavy (non-hydrogen) atoms. The van der Waals surface area contributed by atoms with Crippen LogP contribution in [-0.4, -0.2) is 48.5 Å². The highest BCUT2D eigenvalue weighted by atomic mass is 16.5. The van der Waals surface area contributed by atoms with Crippen molar-refractivity contribution in [1.82, 2.24) is 4.90 Å². The fourth-order valence-corrected chi connectivity index (χ4v) is 3.94. The van der Waals surface area contributed by atoms with Gasteiger partial charge in [0.25, 0.3) is 5.91 Å². The molecule has 7 nitrogen and oxygen atoms in total. The molecule has 0 aromatic heterocycles. The summed E-state index contributed by atoms with van der Waals surface area (Å²) in [6, 6.07) is 5.69. The van der Waals surface area contributed by atoms with Crippen molar-refractivity contribution in [3.63, 3.8) is 0 Å². The molecule has 1 aliphatic heterocycles. The summed E-state index contributed by atoms with van der Waals surface area (Å²) in [5.41, 5.74) is 1.50. The highest BCUT2D eigenvalue weighted by Gasteiger charge is 2.40. The van der Waals surface area contributed by atoms with Crippen LogP contribution >= 0.6 is 0 Å². The number of rotatable bonds is 6. The third-order valence-electron chi connectivity index (χ3n) is 5.53. The molecule has 0 bridgehead atoms. The molecule has 2 amide bonds. The van der Waals surface area contributed by atoms with E-state index in [2.05, 4.69) is 5.32 Å². The predicted molar refractivity (Wildman–Crippen MR) is 104 cm³/mol. The Labute approximate surface area is 165 Å². The summed E-state index contributed by atoms with van der Waals surface area (Å²) in [7, 11) is 1.52. The number of amides is 2. The van der Waals surface area contributed by atoms with E-state index in [1.807, 2.05) is 17.9 Å². The van der Waals surface area contributed by atoms with Crippen molar-refractivity contribution < 1.29 is 23.9 Å². The molecule has 2 atom stereocenters. The lowest BCUT2D eigenvalue weighted by molar-refractivity contribution is -0.157. The van der Waals surface area contributed by atoms with Crippen LogP contribution in [0.25, 0.3) is 0 Å². The van der Waals surface area contributed by atoms with Gasteiger partial charge in [0.1, 0.15) is 5.75 Å². The van der Waals surface area contributed by atoms with Gasteiger partial charge in [0.2, 0.25) is 5.91 Å². The van der Waals surface area contributed by atoms with Gasteiger partial charge >= 0.3 is 5.97 Å². The van der Waals surface area contributed by atoms with Crippen molar-refractivity contribution in [2.75, 3.05) is 19.0 Å². The van der Waals surface area contributed by atoms with E-state index in [-0.39, 0.29) is 18.4 Å². The summed E-state index contributed by atoms with van der Waals surface area (Å²) in [6.45, 7) is 3.83. The first kappa shape index (κ1) is 20.2. The molecule has 152 valence electrons. The van der Waals surface area contributed by atoms with Crippen LogP contribution in [-0.2, 0) is 19.1 Å². The summed E-state index contributed by atoms with van der Waals surface area (Å²) in [4.78, 5) is 39.0. The molecular weight excluding hydrogens is 360 g/mol. The minimum absolute atomic E-state index is 0.00968. The lowest BCUT2D eigenvalue weighted by atomic mass is 10.1. The third kappa shape index (κ3) is 4.46. The Morgan fingerprint density at radius 3 is 2.64 bits per heavy atom. The lowest BCUT2D eigenvalue weighted by Gasteiger charge is -2.24. The number of likely N-dealkylation sites (tertiary alicyclic amines) is 1. The van der Waals surface area contributed by atoms with Gasteiger partial charge in [-0.3, -0.25) is 14.4 Å². The summed E-state index contributed by atoms with van der Waals surface area (Å²) in [6.07, 6.45) is 3.46. The van der Waals surface area contributed by atoms with E-state index >= 15 is 0 Å². The smallest absolute Gasteiger partial charge is 0.312 e. The van der Waals surface area contributed by atoms with Crippen molar-refractivity contribution in [3.05, 3.63) is 23.8 Å². The van der Waals surface area contributed by atoms with Crippen LogP contribution in [0.2, 0.25) is 0 Å². The standard InChI is InChI=1S/C21H28N2O5/c1-13-8-9-18(27-3)17(10-13)22-20(25)14(2)28-21(26)15-11-19(24)23(12-15)16-6-4-5-7-16/h8-10,14-16H,4-7,11-12H2,1-3H3,(H,22,25)/t14-,15+/m1/s1. The van der Waals surface area contributed by atoms with Gasteiger partial charge in [-0.05, 0) is 44.4 Å². The number of hydrogen-bond acceptors (Lipinski definition) is 5. The predicted octanol–water partition coefficient (Wildman–Crippen LogP) is 2.66. The van der Waals surface area contributed by atoms with Gasteiger partial charge in [-0.1, -0.05) is 18.9 Å². The maximum absolute atomic E-state index is 12.5. The Bertz CT molecular complexity index is 757. The number of methoxy groups -OCH3 is 1. The molecule has 0 radical (unpaired) electrons. The van der Waals surface area contributed by atoms with E-state index in [0.717, 1.165) is 31.2 Å². The van der Waals surface area contributed by atoms with E-state index in [4.69, 9.17) is 9.47 Å². The average molecular weight is 388 g/mol. The first-order valence-electron chi connectivity index (χ1n) is 9.84. The fraction of sp³-hybridized carbons (Fsp3) is 0.571. The molecule has 1 aliphatic carbocycles. The van der Waals surface area contributed by atoms with E-state index < -0.39 is 23.9 Å². The van der Waals surface area contributed by atoms with Crippen LogP contribution < -0.4 is 10.1 Å². The van der Waals surface area contributed by atoms with Crippen molar-refractivity contribution in [1.29, 1.82) is 0 Å². The molecule has 1 aromatic rings. The van der Waals surface area contributed by atoms with Crippen molar-refractivity contribution in [2.45, 2.75) is 58.1 Å². The largest absolute Gasteiger partial charge is 0.495 e. The topological polar surface area (TPSA) is 84.9 Å². The second kappa shape index (κ2) is 8.63. The Balaban J connectivity index is 1.56. The number of carbonyl (C=O) groups is 3. The minimum Gasteiger partial charge on any atom is -0.495 e. The maximum Gasteiger partial charge on any atom is 0.312 e. The van der Waals surface area contributed by atoms with Gasteiger partial charge in [0.15, 0.2) is 6.10 Å². The highest BCUT2D eigenvalue weighted by Crippen LogP contribution is 2.30. The monoisotopic (exact) mass is 388 g/mol. The molecule has 3 rings (SSSR count). The number of esters is 1. The molecule has 2 aliphatic rings. The Kier molecular flexibility index (Phi) is 6.21. The van der Waals surface area contributed by atoms with E-state index in [1.54, 1.807) is 12.1 Å². The quantitative estimate of drug-likeness (QED) is 0.758. The first-order valence-corrected chi connectivity index (χ1v) is 9.84. The fourth-order valence-electron chi connectivity index (χ4n) is 3.94. The van der Waals surface area contributed by atoms with Gasteiger partial charge < -0.3 is 19.7 Å². The van der Waals surface area contributed by atoms with Crippen LogP contribution in [0.1, 0.15) is 44.6 Å². The number of carbonyl (C=O) groups excluding carboxylic acids is 3. The second-order valence-corrected chi connectivity index (χ2v) is 7.66. The van der Waals surface area contributed by atoms with Crippen molar-refractivity contribution >= 4 is 23.5 Å². The summed E-state index contributed by atoms with van der Waals surface area (Å²) in [5, 5.41) is 2.74. The zero-order valence-electron chi connectivity index (χ0n) is 16.7. The zero-order chi connectivity index (χ0) is 20.3. The molecular formula is C21H28N2O5. The molecule has 7 heteroatoms. The molecule has 0 unspecified atom stereocenters. The van der Waals surface area contributed by atoms with Crippen LogP contribution in [0.5, 0.6) is 5.75 Å². The number of benzene rings is 1. The van der Waals surface area contributed by atoms with Crippen molar-refractivity contribution in [2.24, 2.45) is 5.92 Å². The van der Waals surface area contributed by atoms with Gasteiger partial charge in [-0.2, -0.15) is 0 Å². The first-order chi connectivity index (χ1) is 13.4. The number of nitrogens with zero attached hydrogens (tertiary/aromatic N) is 1. The number of hydrogen-bond donors (Lipinski definition) is 1. The van der Waals surface area contributed by atoms with E-state index in [9.17, 15) is 14.4 Å². The van der Waals surface area contributed by atoms with E-state index in [1.165, 1.54) is 14.0 Å². The van der Waals surface area contributed by atoms with Crippen LogP contribution in [0.3, 0.4) is 0 Å². The Morgan fingerprint density at radius 2 is 1.96 bits per heavy atom. The van der Waals surface area contributed by atoms with Gasteiger partial charge in [0, 0.05) is 19.0 Å². The normalized spacial score (nSPS) is 20.9. The van der Waals surface area contributed by atoms with E-state index in [0.29, 0.717) is 18.0 Å². The third-order valence-corrected chi connectivity index (χ3v) is 5.53. The molecule has 2 fully saturated rings. The van der Waals surface area contributed by atoms with Crippen LogP contribution in [0, 0.1) is 12.8 Å². The maximum atomic E-state index is 12.5. The molecule has 1 heterocycles. The molecule has 1 saturated carbocycles. The van der Waals surface area contributed by atoms with Crippen LogP contribution in [0.15, 0.2) is 18.2 Å². The SMILES string of the molecule is COc1ccc(C)cc1NC(=O)[C@@H](C)OC(=O)[C@H]1CC(=O)N(C2CCCC2)C1. The van der Waals surface area contributed by atoms with Gasteiger partial charge in [-0.25, -0.2) is 0 Å². The van der Waals surface area contributed by atoms with Gasteiger partial charge in [-0.15, -0.1) is 0 Å². The number of nitrogens with one attached hydrogen (secondary N) is 1. The van der Waals surface area contributed by atoms with Crippen LogP contribution in [0.4, 0.5) is 5.69 Å². The van der Waals surface area contributed by atoms with Gasteiger partial charge in [0.05, 0.1) is 18.7 Å². The minimum atomic E-state index is -0.964. The van der Waals surface area contributed by atoms with Crippen molar-refractivity contribution in [3.8, 4) is 5.75 Å². The Morgan fingerprint density at radius 1 is 1.25 bits per heavy atom. The second-order valence-electron chi connectivity index (χ2n) is 7.66. The lowest BCUT2D eigenvalue weighted by Crippen LogP contribution is -2.36. The molecule has 1 saturated heterocycles. The molecule has 1 aromatic carbocycles. The Hall–Kier alpha value is -2.57. The summed E-state index contributed by atoms with van der Waals surface area (Å²) in [5.74, 6) is -0.889. The average Bonchev–Trinajstić information content (AvgIpc) is 3.31. The molecule has 1 N–H and O–H groups in total. The molecule has 0 spiro atoms.